The molecule has 1 aliphatic heterocycles. The van der Waals surface area contributed by atoms with E-state index in [2.05, 4.69) is 9.72 Å². The van der Waals surface area contributed by atoms with Crippen LogP contribution in [0.2, 0.25) is 0 Å². The van der Waals surface area contributed by atoms with E-state index in [-0.39, 0.29) is 6.42 Å². The summed E-state index contributed by atoms with van der Waals surface area (Å²) in [5.41, 5.74) is 1.60. The minimum atomic E-state index is -0.478. The maximum absolute atomic E-state index is 11.5. The van der Waals surface area contributed by atoms with Crippen LogP contribution in [0.25, 0.3) is 10.9 Å². The molecule has 0 aliphatic carbocycles. The number of carbonyl (C=O) groups excluding carboxylic acids is 2. The molecule has 1 fully saturated rings. The van der Waals surface area contributed by atoms with E-state index in [1.807, 2.05) is 30.3 Å². The fourth-order valence-corrected chi connectivity index (χ4v) is 2.03. The van der Waals surface area contributed by atoms with Gasteiger partial charge in [0.15, 0.2) is 0 Å². The zero-order valence-electron chi connectivity index (χ0n) is 8.92. The molecule has 84 valence electrons. The highest BCUT2D eigenvalue weighted by molar-refractivity contribution is 5.98. The average molecular weight is 227 g/mol. The first kappa shape index (κ1) is 9.96. The third-order valence-corrected chi connectivity index (χ3v) is 2.90. The van der Waals surface area contributed by atoms with E-state index in [1.54, 1.807) is 6.20 Å². The number of hydrogen-bond donors (Lipinski definition) is 0. The number of aromatic nitrogens is 1. The topological polar surface area (TPSA) is 56.3 Å². The molecule has 4 heteroatoms. The first-order valence-corrected chi connectivity index (χ1v) is 5.33. The highest BCUT2D eigenvalue weighted by Gasteiger charge is 2.34. The van der Waals surface area contributed by atoms with E-state index in [1.165, 1.54) is 0 Å². The molecule has 17 heavy (non-hydrogen) atoms. The molecule has 0 saturated carbocycles. The fraction of sp³-hybridized carbons (Fsp3) is 0.154. The standard InChI is InChI=1S/C13H9NO3/c15-12-7-10(13(16)17-12)9-4-3-8-2-1-5-14-11(8)6-9/h1-6,10H,7H2. The van der Waals surface area contributed by atoms with Crippen molar-refractivity contribution in [2.75, 3.05) is 0 Å². The summed E-state index contributed by atoms with van der Waals surface area (Å²) in [5.74, 6) is -1.40. The van der Waals surface area contributed by atoms with Gasteiger partial charge in [-0.15, -0.1) is 0 Å². The second-order valence-electron chi connectivity index (χ2n) is 4.01. The van der Waals surface area contributed by atoms with Crippen molar-refractivity contribution in [1.82, 2.24) is 4.98 Å². The van der Waals surface area contributed by atoms with Crippen LogP contribution >= 0.6 is 0 Å². The zero-order chi connectivity index (χ0) is 11.8. The summed E-state index contributed by atoms with van der Waals surface area (Å²) in [6.45, 7) is 0. The summed E-state index contributed by atoms with van der Waals surface area (Å²) in [6.07, 6.45) is 1.82. The van der Waals surface area contributed by atoms with Crippen molar-refractivity contribution in [1.29, 1.82) is 0 Å². The van der Waals surface area contributed by atoms with Crippen LogP contribution in [0.15, 0.2) is 36.5 Å². The SMILES string of the molecule is O=C1CC(c2ccc3cccnc3c2)C(=O)O1. The van der Waals surface area contributed by atoms with Gasteiger partial charge in [-0.1, -0.05) is 18.2 Å². The van der Waals surface area contributed by atoms with Crippen LogP contribution in [0.1, 0.15) is 17.9 Å². The molecule has 1 atom stereocenters. The molecule has 1 unspecified atom stereocenters. The van der Waals surface area contributed by atoms with Gasteiger partial charge in [-0.25, -0.2) is 0 Å². The van der Waals surface area contributed by atoms with Crippen LogP contribution in [0.4, 0.5) is 0 Å². The molecule has 0 amide bonds. The Labute approximate surface area is 97.2 Å². The maximum Gasteiger partial charge on any atom is 0.321 e. The number of fused-ring (bicyclic) bond motifs is 1. The molecule has 1 saturated heterocycles. The molecule has 1 aromatic heterocycles. The largest absolute Gasteiger partial charge is 0.393 e. The minimum Gasteiger partial charge on any atom is -0.393 e. The molecule has 3 rings (SSSR count). The van der Waals surface area contributed by atoms with E-state index in [0.717, 1.165) is 16.5 Å². The number of nitrogens with zero attached hydrogens (tertiary/aromatic N) is 1. The lowest BCUT2D eigenvalue weighted by Gasteiger charge is -2.05. The van der Waals surface area contributed by atoms with Gasteiger partial charge < -0.3 is 4.74 Å². The summed E-state index contributed by atoms with van der Waals surface area (Å²) < 4.78 is 4.54. The Hall–Kier alpha value is -2.23. The molecule has 1 aliphatic rings. The predicted molar refractivity (Wildman–Crippen MR) is 60.2 cm³/mol. The van der Waals surface area contributed by atoms with Crippen molar-refractivity contribution in [2.45, 2.75) is 12.3 Å². The van der Waals surface area contributed by atoms with E-state index in [9.17, 15) is 9.59 Å². The maximum atomic E-state index is 11.5. The lowest BCUT2D eigenvalue weighted by molar-refractivity contribution is -0.152. The number of pyridine rings is 1. The van der Waals surface area contributed by atoms with Crippen molar-refractivity contribution in [3.05, 3.63) is 42.1 Å². The Morgan fingerprint density at radius 2 is 2.12 bits per heavy atom. The molecule has 2 aromatic rings. The molecule has 0 bridgehead atoms. The third-order valence-electron chi connectivity index (χ3n) is 2.90. The van der Waals surface area contributed by atoms with Crippen molar-refractivity contribution in [3.63, 3.8) is 0 Å². The van der Waals surface area contributed by atoms with Crippen LogP contribution in [0.3, 0.4) is 0 Å². The van der Waals surface area contributed by atoms with Gasteiger partial charge in [-0.3, -0.25) is 14.6 Å². The molecule has 0 spiro atoms. The van der Waals surface area contributed by atoms with Crippen molar-refractivity contribution in [3.8, 4) is 0 Å². The molecule has 4 nitrogen and oxygen atoms in total. The molecule has 0 N–H and O–H groups in total. The van der Waals surface area contributed by atoms with Gasteiger partial charge in [0.05, 0.1) is 17.9 Å². The molecule has 2 heterocycles. The lowest BCUT2D eigenvalue weighted by Crippen LogP contribution is -2.05. The van der Waals surface area contributed by atoms with Gasteiger partial charge in [0, 0.05) is 11.6 Å². The zero-order valence-corrected chi connectivity index (χ0v) is 8.92. The van der Waals surface area contributed by atoms with Crippen LogP contribution in [-0.4, -0.2) is 16.9 Å². The van der Waals surface area contributed by atoms with Crippen LogP contribution in [0, 0.1) is 0 Å². The number of esters is 2. The minimum absolute atomic E-state index is 0.122. The average Bonchev–Trinajstić information content (AvgIpc) is 2.68. The second-order valence-corrected chi connectivity index (χ2v) is 4.01. The van der Waals surface area contributed by atoms with Crippen molar-refractivity contribution < 1.29 is 14.3 Å². The fourth-order valence-electron chi connectivity index (χ4n) is 2.03. The van der Waals surface area contributed by atoms with Crippen molar-refractivity contribution in [2.24, 2.45) is 0 Å². The summed E-state index contributed by atoms with van der Waals surface area (Å²) in [4.78, 5) is 26.7. The van der Waals surface area contributed by atoms with Crippen LogP contribution in [0.5, 0.6) is 0 Å². The van der Waals surface area contributed by atoms with E-state index in [0.29, 0.717) is 0 Å². The normalized spacial score (nSPS) is 19.6. The van der Waals surface area contributed by atoms with E-state index < -0.39 is 17.9 Å². The highest BCUT2D eigenvalue weighted by Crippen LogP contribution is 2.29. The molecule has 1 aromatic carbocycles. The van der Waals surface area contributed by atoms with Crippen LogP contribution in [-0.2, 0) is 14.3 Å². The number of hydrogen-bond acceptors (Lipinski definition) is 4. The summed E-state index contributed by atoms with van der Waals surface area (Å²) >= 11 is 0. The van der Waals surface area contributed by atoms with Gasteiger partial charge in [0.1, 0.15) is 0 Å². The quantitative estimate of drug-likeness (QED) is 0.550. The number of cyclic esters (lactones) is 2. The number of rotatable bonds is 1. The second kappa shape index (κ2) is 3.66. The Kier molecular flexibility index (Phi) is 2.14. The van der Waals surface area contributed by atoms with Gasteiger partial charge in [0.2, 0.25) is 0 Å². The smallest absolute Gasteiger partial charge is 0.321 e. The molecule has 0 radical (unpaired) electrons. The van der Waals surface area contributed by atoms with Crippen molar-refractivity contribution >= 4 is 22.8 Å². The number of benzene rings is 1. The van der Waals surface area contributed by atoms with Crippen LogP contribution < -0.4 is 0 Å². The van der Waals surface area contributed by atoms with Gasteiger partial charge in [-0.05, 0) is 17.7 Å². The summed E-state index contributed by atoms with van der Waals surface area (Å²) in [7, 11) is 0. The Morgan fingerprint density at radius 1 is 1.24 bits per heavy atom. The van der Waals surface area contributed by atoms with Gasteiger partial charge >= 0.3 is 11.9 Å². The summed E-state index contributed by atoms with van der Waals surface area (Å²) in [6, 6.07) is 9.38. The Morgan fingerprint density at radius 3 is 2.88 bits per heavy atom. The van der Waals surface area contributed by atoms with Gasteiger partial charge in [-0.2, -0.15) is 0 Å². The third kappa shape index (κ3) is 1.67. The van der Waals surface area contributed by atoms with E-state index in [4.69, 9.17) is 0 Å². The monoisotopic (exact) mass is 227 g/mol. The van der Waals surface area contributed by atoms with E-state index >= 15 is 0 Å². The highest BCUT2D eigenvalue weighted by atomic mass is 16.6. The first-order chi connectivity index (χ1) is 8.24. The Balaban J connectivity index is 2.06. The molecular formula is C13H9NO3. The lowest BCUT2D eigenvalue weighted by atomic mass is 9.96. The Bertz CT molecular complexity index is 621. The van der Waals surface area contributed by atoms with Gasteiger partial charge in [0.25, 0.3) is 0 Å². The molecular weight excluding hydrogens is 218 g/mol. The number of carbonyl (C=O) groups is 2. The first-order valence-electron chi connectivity index (χ1n) is 5.33. The summed E-state index contributed by atoms with van der Waals surface area (Å²) in [5, 5.41) is 1.01. The number of ether oxygens (including phenoxy) is 1. The predicted octanol–water partition coefficient (Wildman–Crippen LogP) is 1.79.